The summed E-state index contributed by atoms with van der Waals surface area (Å²) in [6, 6.07) is 4.17. The van der Waals surface area contributed by atoms with Crippen molar-refractivity contribution in [2.75, 3.05) is 19.6 Å². The Balaban J connectivity index is 1.82. The fraction of sp³-hybridized carbons (Fsp3) is 0.611. The van der Waals surface area contributed by atoms with Crippen LogP contribution in [-0.4, -0.2) is 49.2 Å². The van der Waals surface area contributed by atoms with Crippen molar-refractivity contribution in [3.8, 4) is 0 Å². The van der Waals surface area contributed by atoms with Gasteiger partial charge in [0.2, 0.25) is 15.9 Å². The van der Waals surface area contributed by atoms with Crippen molar-refractivity contribution in [1.82, 2.24) is 9.21 Å². The largest absolute Gasteiger partial charge is 0.341 e. The van der Waals surface area contributed by atoms with E-state index >= 15 is 0 Å². The zero-order valence-corrected chi connectivity index (χ0v) is 16.3. The van der Waals surface area contributed by atoms with Crippen LogP contribution in [0, 0.1) is 12.8 Å². The second-order valence-electron chi connectivity index (χ2n) is 7.19. The number of likely N-dealkylation sites (tertiary alicyclic amines) is 1. The van der Waals surface area contributed by atoms with Gasteiger partial charge in [0.25, 0.3) is 0 Å². The van der Waals surface area contributed by atoms with Crippen molar-refractivity contribution in [3.63, 3.8) is 0 Å². The first-order valence-corrected chi connectivity index (χ1v) is 10.7. The molecule has 2 aliphatic rings. The molecule has 1 atom stereocenters. The van der Waals surface area contributed by atoms with Gasteiger partial charge in [-0.15, -0.1) is 0 Å². The van der Waals surface area contributed by atoms with Gasteiger partial charge >= 0.3 is 0 Å². The topological polar surface area (TPSA) is 57.7 Å². The van der Waals surface area contributed by atoms with Crippen molar-refractivity contribution < 1.29 is 13.2 Å². The van der Waals surface area contributed by atoms with Gasteiger partial charge in [-0.05, 0) is 56.2 Å². The summed E-state index contributed by atoms with van der Waals surface area (Å²) in [5, 5.41) is 0.424. The smallest absolute Gasteiger partial charge is 0.243 e. The number of nitrogens with zero attached hydrogens (tertiary/aromatic N) is 2. The van der Waals surface area contributed by atoms with Gasteiger partial charge < -0.3 is 4.90 Å². The molecule has 0 saturated carbocycles. The first kappa shape index (κ1) is 18.7. The summed E-state index contributed by atoms with van der Waals surface area (Å²) in [5.74, 6) is 0.577. The minimum atomic E-state index is -3.72. The van der Waals surface area contributed by atoms with Gasteiger partial charge in [0, 0.05) is 24.7 Å². The predicted octanol–water partition coefficient (Wildman–Crippen LogP) is 3.06. The van der Waals surface area contributed by atoms with Crippen LogP contribution in [-0.2, 0) is 14.8 Å². The first-order chi connectivity index (χ1) is 11.8. The molecule has 0 radical (unpaired) electrons. The molecule has 0 N–H and O–H groups in total. The molecule has 2 heterocycles. The summed E-state index contributed by atoms with van der Waals surface area (Å²) in [6.07, 6.45) is 3.26. The molecule has 1 aromatic carbocycles. The molecule has 138 valence electrons. The monoisotopic (exact) mass is 384 g/mol. The van der Waals surface area contributed by atoms with E-state index in [9.17, 15) is 13.2 Å². The van der Waals surface area contributed by atoms with Crippen molar-refractivity contribution >= 4 is 27.5 Å². The lowest BCUT2D eigenvalue weighted by atomic mass is 9.98. The molecule has 2 saturated heterocycles. The molecular weight excluding hydrogens is 360 g/mol. The van der Waals surface area contributed by atoms with Crippen LogP contribution in [0.1, 0.15) is 38.2 Å². The highest BCUT2D eigenvalue weighted by Crippen LogP contribution is 2.30. The van der Waals surface area contributed by atoms with E-state index < -0.39 is 16.1 Å². The fourth-order valence-corrected chi connectivity index (χ4v) is 5.51. The van der Waals surface area contributed by atoms with E-state index in [2.05, 4.69) is 6.92 Å². The summed E-state index contributed by atoms with van der Waals surface area (Å²) in [5.41, 5.74) is 0.831. The lowest BCUT2D eigenvalue weighted by Gasteiger charge is -2.34. The second kappa shape index (κ2) is 7.25. The third kappa shape index (κ3) is 3.71. The van der Waals surface area contributed by atoms with Crippen LogP contribution in [0.25, 0.3) is 0 Å². The highest BCUT2D eigenvalue weighted by molar-refractivity contribution is 7.89. The number of carbonyl (C=O) groups excluding carboxylic acids is 1. The maximum atomic E-state index is 13.0. The average molecular weight is 385 g/mol. The van der Waals surface area contributed by atoms with Crippen molar-refractivity contribution in [2.24, 2.45) is 5.92 Å². The number of rotatable bonds is 3. The Morgan fingerprint density at radius 1 is 1.16 bits per heavy atom. The Morgan fingerprint density at radius 2 is 1.84 bits per heavy atom. The van der Waals surface area contributed by atoms with Gasteiger partial charge in [0.1, 0.15) is 6.04 Å². The molecular formula is C18H25ClN2O3S. The van der Waals surface area contributed by atoms with Crippen molar-refractivity contribution in [2.45, 2.75) is 50.5 Å². The van der Waals surface area contributed by atoms with Gasteiger partial charge in [-0.1, -0.05) is 24.6 Å². The minimum absolute atomic E-state index is 0.0498. The lowest BCUT2D eigenvalue weighted by Crippen LogP contribution is -2.49. The summed E-state index contributed by atoms with van der Waals surface area (Å²) in [7, 11) is -3.72. The summed E-state index contributed by atoms with van der Waals surface area (Å²) in [4.78, 5) is 14.9. The number of aryl methyl sites for hydroxylation is 1. The second-order valence-corrected chi connectivity index (χ2v) is 9.49. The standard InChI is InChI=1S/C18H25ClN2O3S/c1-13-7-10-20(11-8-13)18(22)17-4-3-9-21(17)25(23,24)15-6-5-14(2)16(19)12-15/h5-6,12-13,17H,3-4,7-11H2,1-2H3/t17-/m0/s1. The molecule has 7 heteroatoms. The number of amides is 1. The van der Waals surface area contributed by atoms with Crippen LogP contribution in [0.5, 0.6) is 0 Å². The molecule has 0 unspecified atom stereocenters. The van der Waals surface area contributed by atoms with E-state index in [1.54, 1.807) is 12.1 Å². The number of hydrogen-bond donors (Lipinski definition) is 0. The Morgan fingerprint density at radius 3 is 2.48 bits per heavy atom. The van der Waals surface area contributed by atoms with Crippen molar-refractivity contribution in [3.05, 3.63) is 28.8 Å². The lowest BCUT2D eigenvalue weighted by molar-refractivity contribution is -0.135. The summed E-state index contributed by atoms with van der Waals surface area (Å²) >= 11 is 6.10. The summed E-state index contributed by atoms with van der Waals surface area (Å²) < 4.78 is 27.5. The van der Waals surface area contributed by atoms with Crippen LogP contribution in [0.2, 0.25) is 5.02 Å². The first-order valence-electron chi connectivity index (χ1n) is 8.87. The highest BCUT2D eigenvalue weighted by atomic mass is 35.5. The van der Waals surface area contributed by atoms with E-state index in [0.29, 0.717) is 30.3 Å². The molecule has 0 aromatic heterocycles. The van der Waals surface area contributed by atoms with Crippen LogP contribution >= 0.6 is 11.6 Å². The molecule has 0 spiro atoms. The van der Waals surface area contributed by atoms with Crippen LogP contribution < -0.4 is 0 Å². The molecule has 25 heavy (non-hydrogen) atoms. The Bertz CT molecular complexity index is 758. The highest BCUT2D eigenvalue weighted by Gasteiger charge is 2.41. The Labute approximate surface area is 155 Å². The van der Waals surface area contributed by atoms with Crippen LogP contribution in [0.3, 0.4) is 0 Å². The van der Waals surface area contributed by atoms with Crippen LogP contribution in [0.4, 0.5) is 0 Å². The zero-order chi connectivity index (χ0) is 18.2. The molecule has 2 fully saturated rings. The zero-order valence-electron chi connectivity index (χ0n) is 14.7. The quantitative estimate of drug-likeness (QED) is 0.804. The average Bonchev–Trinajstić information content (AvgIpc) is 3.08. The number of halogens is 1. The SMILES string of the molecule is Cc1ccc(S(=O)(=O)N2CCC[C@H]2C(=O)N2CCC(C)CC2)cc1Cl. The molecule has 1 aromatic rings. The number of hydrogen-bond acceptors (Lipinski definition) is 3. The predicted molar refractivity (Wildman–Crippen MR) is 98.1 cm³/mol. The number of benzene rings is 1. The third-order valence-corrected chi connectivity index (χ3v) is 7.65. The van der Waals surface area contributed by atoms with Gasteiger partial charge in [0.05, 0.1) is 4.90 Å². The Hall–Kier alpha value is -1.11. The maximum absolute atomic E-state index is 13.0. The van der Waals surface area contributed by atoms with E-state index in [-0.39, 0.29) is 10.8 Å². The molecule has 3 rings (SSSR count). The van der Waals surface area contributed by atoms with E-state index in [1.807, 2.05) is 11.8 Å². The molecule has 0 aliphatic carbocycles. The third-order valence-electron chi connectivity index (χ3n) is 5.33. The number of sulfonamides is 1. The maximum Gasteiger partial charge on any atom is 0.243 e. The molecule has 1 amide bonds. The number of carbonyl (C=O) groups is 1. The van der Waals surface area contributed by atoms with Crippen LogP contribution in [0.15, 0.2) is 23.1 Å². The molecule has 5 nitrogen and oxygen atoms in total. The van der Waals surface area contributed by atoms with Crippen molar-refractivity contribution in [1.29, 1.82) is 0 Å². The molecule has 2 aliphatic heterocycles. The normalized spacial score (nSPS) is 23.2. The Kier molecular flexibility index (Phi) is 5.42. The van der Waals surface area contributed by atoms with Gasteiger partial charge in [-0.3, -0.25) is 4.79 Å². The number of piperidine rings is 1. The summed E-state index contributed by atoms with van der Waals surface area (Å²) in [6.45, 7) is 5.85. The van der Waals surface area contributed by atoms with E-state index in [1.165, 1.54) is 10.4 Å². The fourth-order valence-electron chi connectivity index (χ4n) is 3.58. The molecule has 0 bridgehead atoms. The van der Waals surface area contributed by atoms with E-state index in [0.717, 1.165) is 31.5 Å². The minimum Gasteiger partial charge on any atom is -0.341 e. The van der Waals surface area contributed by atoms with Gasteiger partial charge in [-0.2, -0.15) is 4.31 Å². The van der Waals surface area contributed by atoms with Gasteiger partial charge in [-0.25, -0.2) is 8.42 Å². The van der Waals surface area contributed by atoms with Gasteiger partial charge in [0.15, 0.2) is 0 Å². The van der Waals surface area contributed by atoms with E-state index in [4.69, 9.17) is 11.6 Å².